The lowest BCUT2D eigenvalue weighted by Crippen LogP contribution is -2.66. The molecule has 0 aromatic heterocycles. The molecule has 0 radical (unpaired) electrons. The van der Waals surface area contributed by atoms with E-state index in [1.165, 1.54) is 19.6 Å². The first-order valence-corrected chi connectivity index (χ1v) is 42.8. The summed E-state index contributed by atoms with van der Waals surface area (Å²) in [5, 5.41) is 23.1. The Bertz CT molecular complexity index is 3850. The minimum atomic E-state index is -6.09. The minimum absolute atomic E-state index is 0.132. The van der Waals surface area contributed by atoms with Crippen LogP contribution in [0, 0.1) is 60.6 Å². The molecule has 36 heteroatoms. The zero-order valence-corrected chi connectivity index (χ0v) is 70.0. The SMILES string of the molecule is CCN(CC)CC.FC(F)(F)c1ccc([S+](c2ccc(I)cc2)c2ccc(I)cc2)cc1.FC(F)(F)c1ccc([S+](c2ccc(I)cc2)c2ccc(I)cc2)cc1.O=C([O-])C12CC3CC(C1)C1(OCC(F)(F)C(F)(F)CO1)C(C3)C2.O=C([O-])C12CC3CC(C1)C1(OCC(F)(F)C(F)(F)CO1)C(C3)C2.O=S(=O)([O-])C(F)(F)F. The highest BCUT2D eigenvalue weighted by Gasteiger charge is 2.71. The summed E-state index contributed by atoms with van der Waals surface area (Å²) in [5.74, 6) is -24.1. The van der Waals surface area contributed by atoms with Crippen molar-refractivity contribution in [3.05, 3.63) is 171 Å². The van der Waals surface area contributed by atoms with Crippen molar-refractivity contribution < 1.29 is 126 Å². The first-order chi connectivity index (χ1) is 51.5. The molecule has 16 rings (SSSR count). The number of carbonyl (C=O) groups excluding carboxylic acids is 2. The number of rotatable bonds is 11. The number of nitrogens with zero attached hydrogens (tertiary/aromatic N) is 1. The first kappa shape index (κ1) is 91.3. The molecule has 2 saturated heterocycles. The molecule has 2 spiro atoms. The van der Waals surface area contributed by atoms with Gasteiger partial charge < -0.3 is 48.2 Å². The molecule has 8 saturated carbocycles. The monoisotopic (exact) mass is 2090 g/mol. The van der Waals surface area contributed by atoms with Crippen LogP contribution in [-0.2, 0) is 72.8 Å². The summed E-state index contributed by atoms with van der Waals surface area (Å²) in [6, 6.07) is 43.5. The number of halogens is 21. The van der Waals surface area contributed by atoms with E-state index in [4.69, 9.17) is 31.9 Å². The van der Waals surface area contributed by atoms with Crippen molar-refractivity contribution in [3.8, 4) is 0 Å². The lowest BCUT2D eigenvalue weighted by molar-refractivity contribution is -0.367. The summed E-state index contributed by atoms with van der Waals surface area (Å²) in [7, 11) is -6.97. The molecule has 610 valence electrons. The number of carbonyl (C=O) groups is 2. The average Bonchev–Trinajstić information content (AvgIpc) is 1.68. The molecule has 8 aliphatic carbocycles. The van der Waals surface area contributed by atoms with Gasteiger partial charge in [0.2, 0.25) is 0 Å². The van der Waals surface area contributed by atoms with E-state index in [2.05, 4.69) is 116 Å². The molecular formula is C75H73F17I4NO11S3-. The Morgan fingerprint density at radius 2 is 0.604 bits per heavy atom. The molecule has 10 aliphatic rings. The highest BCUT2D eigenvalue weighted by atomic mass is 127. The van der Waals surface area contributed by atoms with Gasteiger partial charge in [-0.3, -0.25) is 0 Å². The quantitative estimate of drug-likeness (QED) is 0.0395. The molecule has 111 heavy (non-hydrogen) atoms. The van der Waals surface area contributed by atoms with Gasteiger partial charge in [-0.25, -0.2) is 8.42 Å². The highest BCUT2D eigenvalue weighted by molar-refractivity contribution is 14.1. The second kappa shape index (κ2) is 35.5. The predicted molar refractivity (Wildman–Crippen MR) is 404 cm³/mol. The number of benzene rings is 6. The van der Waals surface area contributed by atoms with E-state index in [1.807, 2.05) is 97.1 Å². The Morgan fingerprint density at radius 3 is 0.766 bits per heavy atom. The van der Waals surface area contributed by atoms with Crippen LogP contribution in [0.25, 0.3) is 0 Å². The van der Waals surface area contributed by atoms with Gasteiger partial charge in [0, 0.05) is 60.7 Å². The van der Waals surface area contributed by atoms with E-state index in [0.717, 1.165) is 67.9 Å². The predicted octanol–water partition coefficient (Wildman–Crippen LogP) is 18.6. The molecule has 4 unspecified atom stereocenters. The summed E-state index contributed by atoms with van der Waals surface area (Å²) in [4.78, 5) is 31.6. The van der Waals surface area contributed by atoms with Gasteiger partial charge in [0.1, 0.15) is 26.4 Å². The Morgan fingerprint density at radius 1 is 0.405 bits per heavy atom. The Kier molecular flexibility index (Phi) is 29.2. The number of ether oxygens (including phenoxy) is 4. The first-order valence-electron chi connectivity index (χ1n) is 34.6. The molecule has 8 bridgehead atoms. The zero-order valence-electron chi connectivity index (χ0n) is 58.9. The maximum absolute atomic E-state index is 13.6. The number of carboxylic acids is 2. The van der Waals surface area contributed by atoms with Gasteiger partial charge in [-0.2, -0.15) is 74.6 Å². The summed E-state index contributed by atoms with van der Waals surface area (Å²) >= 11 is 8.98. The maximum atomic E-state index is 13.6. The third kappa shape index (κ3) is 20.9. The molecule has 0 N–H and O–H groups in total. The van der Waals surface area contributed by atoms with E-state index < -0.39 is 169 Å². The lowest BCUT2D eigenvalue weighted by atomic mass is 9.47. The number of hydrogen-bond donors (Lipinski definition) is 0. The fourth-order valence-corrected chi connectivity index (χ4v) is 21.5. The van der Waals surface area contributed by atoms with Crippen molar-refractivity contribution in [2.24, 2.45) is 46.3 Å². The molecule has 10 fully saturated rings. The molecule has 6 aromatic carbocycles. The third-order valence-corrected chi connectivity index (χ3v) is 29.1. The second-order valence-corrected chi connectivity index (χ2v) is 38.6. The number of carboxylic acid groups (broad SMARTS) is 2. The molecule has 2 aliphatic heterocycles. The Hall–Kier alpha value is -3.60. The maximum Gasteiger partial charge on any atom is 0.485 e. The van der Waals surface area contributed by atoms with Crippen molar-refractivity contribution in [3.63, 3.8) is 0 Å². The molecule has 0 amide bonds. The van der Waals surface area contributed by atoms with Crippen LogP contribution >= 0.6 is 90.4 Å². The lowest BCUT2D eigenvalue weighted by Gasteiger charge is -2.64. The normalized spacial score (nSPS) is 25.9. The largest absolute Gasteiger partial charge is 0.741 e. The topological polar surface area (TPSA) is 178 Å². The Labute approximate surface area is 690 Å². The van der Waals surface area contributed by atoms with Crippen LogP contribution in [0.5, 0.6) is 0 Å². The fraction of sp³-hybridized carbons (Fsp3) is 0.493. The standard InChI is InChI=1S/2C19H12F3I2S.2C15H18F4O4.C6H15N.CHF3O3S/c2*20-19(21,22)13-1-7-16(8-2-13)25(17-9-3-14(23)4-10-17)18-11-5-15(24)6-12-18;2*16-13(17)6-22-15(23-7-14(13,18)19)9-1-8-2-10(15)5-12(3-8,4-9)11(20)21;1-4-7(5-2)6-3;2-1(3,4)8(5,6)7/h2*1-12H;2*8-10H,1-7H2,(H,20,21);4-6H2,1-3H3;(H,5,6,7)/q2*+1;;;;/p-3. The van der Waals surface area contributed by atoms with Gasteiger partial charge >= 0.3 is 41.6 Å². The van der Waals surface area contributed by atoms with E-state index in [9.17, 15) is 94.4 Å². The minimum Gasteiger partial charge on any atom is -0.741 e. The molecule has 2 heterocycles. The zero-order chi connectivity index (χ0) is 82.1. The van der Waals surface area contributed by atoms with Gasteiger partial charge in [-0.1, -0.05) is 20.8 Å². The molecule has 12 nitrogen and oxygen atoms in total. The summed E-state index contributed by atoms with van der Waals surface area (Å²) in [6.07, 6.45) is -4.67. The number of alkyl halides is 17. The van der Waals surface area contributed by atoms with E-state index in [0.29, 0.717) is 38.5 Å². The summed E-state index contributed by atoms with van der Waals surface area (Å²) < 4.78 is 270. The number of hydrogen-bond acceptors (Lipinski definition) is 12. The smallest absolute Gasteiger partial charge is 0.485 e. The van der Waals surface area contributed by atoms with Crippen LogP contribution in [0.3, 0.4) is 0 Å². The van der Waals surface area contributed by atoms with Crippen LogP contribution in [0.2, 0.25) is 0 Å². The molecule has 6 aromatic rings. The van der Waals surface area contributed by atoms with Crippen molar-refractivity contribution in [1.82, 2.24) is 4.90 Å². The van der Waals surface area contributed by atoms with Gasteiger partial charge in [0.05, 0.1) is 32.9 Å². The third-order valence-electron chi connectivity index (χ3n) is 21.2. The number of aliphatic carboxylic acids is 2. The van der Waals surface area contributed by atoms with Crippen LogP contribution in [0.1, 0.15) is 96.1 Å². The van der Waals surface area contributed by atoms with Crippen LogP contribution in [0.15, 0.2) is 175 Å². The molecular weight excluding hydrogens is 2020 g/mol. The van der Waals surface area contributed by atoms with Crippen molar-refractivity contribution in [2.45, 2.75) is 167 Å². The highest BCUT2D eigenvalue weighted by Crippen LogP contribution is 2.67. The van der Waals surface area contributed by atoms with Gasteiger partial charge in [0.15, 0.2) is 51.1 Å². The van der Waals surface area contributed by atoms with Crippen molar-refractivity contribution in [1.29, 1.82) is 0 Å². The van der Waals surface area contributed by atoms with Crippen LogP contribution in [0.4, 0.5) is 74.6 Å². The van der Waals surface area contributed by atoms with Gasteiger partial charge in [-0.15, -0.1) is 0 Å². The average molecular weight is 2090 g/mol. The van der Waals surface area contributed by atoms with Crippen molar-refractivity contribution in [2.75, 3.05) is 46.1 Å². The Balaban J connectivity index is 0.000000160. The van der Waals surface area contributed by atoms with E-state index in [-0.39, 0.29) is 37.5 Å². The van der Waals surface area contributed by atoms with Gasteiger partial charge in [-0.05, 0) is 332 Å². The summed E-state index contributed by atoms with van der Waals surface area (Å²) in [5.41, 5.74) is -8.88. The summed E-state index contributed by atoms with van der Waals surface area (Å²) in [6.45, 7) is 4.50. The van der Waals surface area contributed by atoms with Crippen molar-refractivity contribution >= 4 is 134 Å². The van der Waals surface area contributed by atoms with E-state index >= 15 is 0 Å². The molecule has 4 atom stereocenters. The van der Waals surface area contributed by atoms with Crippen LogP contribution in [-0.4, -0.2) is 117 Å². The van der Waals surface area contributed by atoms with Gasteiger partial charge in [0.25, 0.3) is 0 Å². The fourth-order valence-electron chi connectivity index (χ4n) is 15.9. The second-order valence-electron chi connectivity index (χ2n) is 28.2. The van der Waals surface area contributed by atoms with E-state index in [1.54, 1.807) is 24.3 Å². The van der Waals surface area contributed by atoms with Crippen LogP contribution < -0.4 is 10.2 Å².